The van der Waals surface area contributed by atoms with E-state index in [-0.39, 0.29) is 5.78 Å². The second-order valence-corrected chi connectivity index (χ2v) is 3.73. The minimum atomic E-state index is 0.102. The Morgan fingerprint density at radius 1 is 1.36 bits per heavy atom. The maximum absolute atomic E-state index is 11.7. The SMILES string of the molecule is CCc1nccnc1C(=O)CC(C)C. The van der Waals surface area contributed by atoms with E-state index in [0.717, 1.165) is 12.1 Å². The molecule has 1 aromatic heterocycles. The molecule has 14 heavy (non-hydrogen) atoms. The number of carbonyl (C=O) groups excluding carboxylic acids is 1. The highest BCUT2D eigenvalue weighted by Crippen LogP contribution is 2.10. The summed E-state index contributed by atoms with van der Waals surface area (Å²) in [5.74, 6) is 0.471. The molecule has 3 nitrogen and oxygen atoms in total. The maximum atomic E-state index is 11.7. The third-order valence-corrected chi connectivity index (χ3v) is 1.97. The molecule has 0 N–H and O–H groups in total. The van der Waals surface area contributed by atoms with Crippen LogP contribution in [0, 0.1) is 5.92 Å². The van der Waals surface area contributed by atoms with Gasteiger partial charge in [0.1, 0.15) is 5.69 Å². The van der Waals surface area contributed by atoms with E-state index in [2.05, 4.69) is 9.97 Å². The second kappa shape index (κ2) is 4.84. The van der Waals surface area contributed by atoms with Crippen LogP contribution in [0.3, 0.4) is 0 Å². The van der Waals surface area contributed by atoms with Crippen molar-refractivity contribution in [3.63, 3.8) is 0 Å². The second-order valence-electron chi connectivity index (χ2n) is 3.73. The van der Waals surface area contributed by atoms with Gasteiger partial charge in [0.15, 0.2) is 5.78 Å². The van der Waals surface area contributed by atoms with Gasteiger partial charge >= 0.3 is 0 Å². The molecule has 0 saturated carbocycles. The fourth-order valence-electron chi connectivity index (χ4n) is 1.33. The molecule has 0 atom stereocenters. The van der Waals surface area contributed by atoms with Crippen molar-refractivity contribution in [2.24, 2.45) is 5.92 Å². The molecule has 0 fully saturated rings. The molecule has 0 unspecified atom stereocenters. The van der Waals surface area contributed by atoms with Crippen LogP contribution in [0.5, 0.6) is 0 Å². The molecule has 76 valence electrons. The largest absolute Gasteiger partial charge is 0.292 e. The molecule has 1 heterocycles. The Morgan fingerprint density at radius 3 is 2.57 bits per heavy atom. The molecule has 0 aliphatic carbocycles. The van der Waals surface area contributed by atoms with Crippen molar-refractivity contribution in [2.45, 2.75) is 33.6 Å². The first kappa shape index (κ1) is 10.8. The van der Waals surface area contributed by atoms with E-state index in [9.17, 15) is 4.79 Å². The number of Topliss-reactive ketones (excluding diaryl/α,β-unsaturated/α-hetero) is 1. The Hall–Kier alpha value is -1.25. The van der Waals surface area contributed by atoms with Gasteiger partial charge in [0, 0.05) is 18.8 Å². The Balaban J connectivity index is 2.88. The lowest BCUT2D eigenvalue weighted by Gasteiger charge is -2.05. The highest BCUT2D eigenvalue weighted by Gasteiger charge is 2.13. The Bertz CT molecular complexity index is 321. The van der Waals surface area contributed by atoms with E-state index in [1.165, 1.54) is 0 Å². The highest BCUT2D eigenvalue weighted by atomic mass is 16.1. The Kier molecular flexibility index (Phi) is 3.74. The van der Waals surface area contributed by atoms with Crippen LogP contribution < -0.4 is 0 Å². The third-order valence-electron chi connectivity index (χ3n) is 1.97. The smallest absolute Gasteiger partial charge is 0.183 e. The van der Waals surface area contributed by atoms with Gasteiger partial charge in [-0.05, 0) is 12.3 Å². The van der Waals surface area contributed by atoms with Gasteiger partial charge in [0.25, 0.3) is 0 Å². The highest BCUT2D eigenvalue weighted by molar-refractivity contribution is 5.95. The fraction of sp³-hybridized carbons (Fsp3) is 0.545. The molecule has 0 saturated heterocycles. The standard InChI is InChI=1S/C11H16N2O/c1-4-9-11(13-6-5-12-9)10(14)7-8(2)3/h5-6,8H,4,7H2,1-3H3. The Labute approximate surface area is 84.6 Å². The average Bonchev–Trinajstić information content (AvgIpc) is 2.16. The van der Waals surface area contributed by atoms with Gasteiger partial charge in [-0.3, -0.25) is 9.78 Å². The van der Waals surface area contributed by atoms with Gasteiger partial charge in [-0.1, -0.05) is 20.8 Å². The van der Waals surface area contributed by atoms with Crippen molar-refractivity contribution in [3.8, 4) is 0 Å². The molecule has 0 aromatic carbocycles. The number of rotatable bonds is 4. The number of hydrogen-bond donors (Lipinski definition) is 0. The van der Waals surface area contributed by atoms with E-state index in [1.807, 2.05) is 20.8 Å². The van der Waals surface area contributed by atoms with E-state index in [0.29, 0.717) is 18.0 Å². The van der Waals surface area contributed by atoms with Crippen LogP contribution in [0.4, 0.5) is 0 Å². The third kappa shape index (κ3) is 2.62. The molecule has 0 bridgehead atoms. The number of aromatic nitrogens is 2. The van der Waals surface area contributed by atoms with Crippen LogP contribution >= 0.6 is 0 Å². The monoisotopic (exact) mass is 192 g/mol. The average molecular weight is 192 g/mol. The summed E-state index contributed by atoms with van der Waals surface area (Å²) in [7, 11) is 0. The van der Waals surface area contributed by atoms with E-state index < -0.39 is 0 Å². The quantitative estimate of drug-likeness (QED) is 0.687. The minimum Gasteiger partial charge on any atom is -0.292 e. The van der Waals surface area contributed by atoms with Crippen molar-refractivity contribution in [1.29, 1.82) is 0 Å². The van der Waals surface area contributed by atoms with Crippen LogP contribution in [0.15, 0.2) is 12.4 Å². The topological polar surface area (TPSA) is 42.9 Å². The first-order valence-corrected chi connectivity index (χ1v) is 4.98. The number of nitrogens with zero attached hydrogens (tertiary/aromatic N) is 2. The van der Waals surface area contributed by atoms with Crippen molar-refractivity contribution in [3.05, 3.63) is 23.8 Å². The fourth-order valence-corrected chi connectivity index (χ4v) is 1.33. The summed E-state index contributed by atoms with van der Waals surface area (Å²) in [5.41, 5.74) is 1.35. The van der Waals surface area contributed by atoms with Crippen molar-refractivity contribution in [2.75, 3.05) is 0 Å². The van der Waals surface area contributed by atoms with Crippen molar-refractivity contribution in [1.82, 2.24) is 9.97 Å². The normalized spacial score (nSPS) is 10.6. The first-order chi connectivity index (χ1) is 6.65. The number of aryl methyl sites for hydroxylation is 1. The summed E-state index contributed by atoms with van der Waals surface area (Å²) in [6, 6.07) is 0. The molecule has 0 radical (unpaired) electrons. The van der Waals surface area contributed by atoms with E-state index in [1.54, 1.807) is 12.4 Å². The van der Waals surface area contributed by atoms with E-state index >= 15 is 0 Å². The molecular formula is C11H16N2O. The molecular weight excluding hydrogens is 176 g/mol. The summed E-state index contributed by atoms with van der Waals surface area (Å²) in [6.07, 6.45) is 4.51. The van der Waals surface area contributed by atoms with Crippen LogP contribution in [0.2, 0.25) is 0 Å². The molecule has 0 spiro atoms. The number of ketones is 1. The van der Waals surface area contributed by atoms with Crippen LogP contribution in [-0.4, -0.2) is 15.8 Å². The summed E-state index contributed by atoms with van der Waals surface area (Å²) >= 11 is 0. The summed E-state index contributed by atoms with van der Waals surface area (Å²) in [5, 5.41) is 0. The lowest BCUT2D eigenvalue weighted by Crippen LogP contribution is -2.10. The zero-order valence-electron chi connectivity index (χ0n) is 8.95. The van der Waals surface area contributed by atoms with E-state index in [4.69, 9.17) is 0 Å². The van der Waals surface area contributed by atoms with Crippen LogP contribution in [-0.2, 0) is 6.42 Å². The lowest BCUT2D eigenvalue weighted by molar-refractivity contribution is 0.0961. The van der Waals surface area contributed by atoms with Gasteiger partial charge in [-0.15, -0.1) is 0 Å². The van der Waals surface area contributed by atoms with Gasteiger partial charge < -0.3 is 0 Å². The Morgan fingerprint density at radius 2 is 2.00 bits per heavy atom. The predicted molar refractivity (Wildman–Crippen MR) is 55.2 cm³/mol. The van der Waals surface area contributed by atoms with Gasteiger partial charge in [0.2, 0.25) is 0 Å². The van der Waals surface area contributed by atoms with Crippen LogP contribution in [0.25, 0.3) is 0 Å². The maximum Gasteiger partial charge on any atom is 0.183 e. The minimum absolute atomic E-state index is 0.102. The molecule has 1 rings (SSSR count). The predicted octanol–water partition coefficient (Wildman–Crippen LogP) is 2.27. The summed E-state index contributed by atoms with van der Waals surface area (Å²) < 4.78 is 0. The molecule has 3 heteroatoms. The molecule has 0 amide bonds. The van der Waals surface area contributed by atoms with Crippen LogP contribution in [0.1, 0.15) is 43.4 Å². The molecule has 0 aliphatic rings. The summed E-state index contributed by atoms with van der Waals surface area (Å²) in [6.45, 7) is 6.04. The van der Waals surface area contributed by atoms with Crippen molar-refractivity contribution >= 4 is 5.78 Å². The summed E-state index contributed by atoms with van der Waals surface area (Å²) in [4.78, 5) is 20.0. The number of hydrogen-bond acceptors (Lipinski definition) is 3. The number of carbonyl (C=O) groups is 1. The van der Waals surface area contributed by atoms with Gasteiger partial charge in [-0.2, -0.15) is 0 Å². The first-order valence-electron chi connectivity index (χ1n) is 4.98. The molecule has 1 aromatic rings. The zero-order valence-corrected chi connectivity index (χ0v) is 8.95. The zero-order chi connectivity index (χ0) is 10.6. The lowest BCUT2D eigenvalue weighted by atomic mass is 10.0. The van der Waals surface area contributed by atoms with Gasteiger partial charge in [-0.25, -0.2) is 4.98 Å². The van der Waals surface area contributed by atoms with Crippen molar-refractivity contribution < 1.29 is 4.79 Å². The van der Waals surface area contributed by atoms with Gasteiger partial charge in [0.05, 0.1) is 5.69 Å². The molecule has 0 aliphatic heterocycles.